The average molecular weight is 448 g/mol. The number of methoxy groups -OCH3 is 3. The lowest BCUT2D eigenvalue weighted by Crippen LogP contribution is -2.18. The quantitative estimate of drug-likeness (QED) is 0.242. The third-order valence-corrected chi connectivity index (χ3v) is 4.70. The number of hydrogen-bond donors (Lipinski definition) is 1. The van der Waals surface area contributed by atoms with Crippen molar-refractivity contribution in [1.82, 2.24) is 5.43 Å². The molecule has 0 aliphatic rings. The molecule has 0 atom stereocenters. The molecule has 8 nitrogen and oxygen atoms in total. The molecule has 3 rings (SSSR count). The van der Waals surface area contributed by atoms with Crippen molar-refractivity contribution in [2.75, 3.05) is 21.3 Å². The molecule has 8 heteroatoms. The minimum atomic E-state index is -0.531. The van der Waals surface area contributed by atoms with Gasteiger partial charge in [0.1, 0.15) is 11.5 Å². The molecule has 3 aromatic carbocycles. The van der Waals surface area contributed by atoms with E-state index in [1.54, 1.807) is 61.7 Å². The molecule has 3 aromatic rings. The Balaban J connectivity index is 1.68. The molecule has 33 heavy (non-hydrogen) atoms. The summed E-state index contributed by atoms with van der Waals surface area (Å²) in [4.78, 5) is 24.8. The Morgan fingerprint density at radius 3 is 2.21 bits per heavy atom. The molecular formula is C25H24N2O6. The zero-order valence-electron chi connectivity index (χ0n) is 18.7. The van der Waals surface area contributed by atoms with E-state index < -0.39 is 11.9 Å². The summed E-state index contributed by atoms with van der Waals surface area (Å²) in [5.41, 5.74) is 4.83. The van der Waals surface area contributed by atoms with Gasteiger partial charge in [0.15, 0.2) is 11.5 Å². The van der Waals surface area contributed by atoms with Crippen LogP contribution >= 0.6 is 0 Å². The van der Waals surface area contributed by atoms with E-state index in [1.807, 2.05) is 13.0 Å². The first-order valence-electron chi connectivity index (χ1n) is 9.97. The van der Waals surface area contributed by atoms with E-state index in [9.17, 15) is 9.59 Å². The van der Waals surface area contributed by atoms with Crippen LogP contribution in [0.4, 0.5) is 0 Å². The first-order chi connectivity index (χ1) is 15.9. The Morgan fingerprint density at radius 2 is 1.55 bits per heavy atom. The first-order valence-corrected chi connectivity index (χ1v) is 9.97. The highest BCUT2D eigenvalue weighted by Gasteiger charge is 2.14. The van der Waals surface area contributed by atoms with Gasteiger partial charge >= 0.3 is 5.97 Å². The van der Waals surface area contributed by atoms with Gasteiger partial charge in [-0.1, -0.05) is 6.07 Å². The monoisotopic (exact) mass is 448 g/mol. The van der Waals surface area contributed by atoms with Crippen molar-refractivity contribution in [3.8, 4) is 23.0 Å². The fourth-order valence-electron chi connectivity index (χ4n) is 2.95. The van der Waals surface area contributed by atoms with E-state index in [0.29, 0.717) is 33.9 Å². The summed E-state index contributed by atoms with van der Waals surface area (Å²) >= 11 is 0. The smallest absolute Gasteiger partial charge is 0.343 e. The van der Waals surface area contributed by atoms with Crippen LogP contribution in [-0.4, -0.2) is 39.4 Å². The number of nitrogens with zero attached hydrogens (tertiary/aromatic N) is 1. The Bertz CT molecular complexity index is 1170. The Labute approximate surface area is 191 Å². The Morgan fingerprint density at radius 1 is 0.818 bits per heavy atom. The van der Waals surface area contributed by atoms with Crippen LogP contribution in [0.1, 0.15) is 31.8 Å². The van der Waals surface area contributed by atoms with Crippen LogP contribution in [0.25, 0.3) is 0 Å². The van der Waals surface area contributed by atoms with Gasteiger partial charge in [0.25, 0.3) is 5.91 Å². The number of benzene rings is 3. The predicted molar refractivity (Wildman–Crippen MR) is 124 cm³/mol. The second kappa shape index (κ2) is 10.8. The standard InChI is InChI=1S/C25H24N2O6/c1-16-5-11-20(22(13-16)31-3)24(28)27-26-15-17-6-12-21(23(14-17)32-4)33-25(29)18-7-9-19(30-2)10-8-18/h5-15H,1-4H3,(H,27,28)/b26-15-. The number of nitrogens with one attached hydrogen (secondary N) is 1. The number of carbonyl (C=O) groups is 2. The maximum atomic E-state index is 12.4. The van der Waals surface area contributed by atoms with E-state index >= 15 is 0 Å². The molecular weight excluding hydrogens is 424 g/mol. The fourth-order valence-corrected chi connectivity index (χ4v) is 2.95. The molecule has 0 saturated heterocycles. The zero-order chi connectivity index (χ0) is 23.8. The molecule has 0 unspecified atom stereocenters. The van der Waals surface area contributed by atoms with Crippen LogP contribution < -0.4 is 24.4 Å². The SMILES string of the molecule is COc1ccc(C(=O)Oc2ccc(/C=N\NC(=O)c3ccc(C)cc3OC)cc2OC)cc1. The summed E-state index contributed by atoms with van der Waals surface area (Å²) in [6.45, 7) is 1.91. The lowest BCUT2D eigenvalue weighted by Gasteiger charge is -2.10. The van der Waals surface area contributed by atoms with Gasteiger partial charge in [-0.05, 0) is 72.6 Å². The summed E-state index contributed by atoms with van der Waals surface area (Å²) in [7, 11) is 4.52. The molecule has 0 heterocycles. The van der Waals surface area contributed by atoms with Crippen molar-refractivity contribution in [3.63, 3.8) is 0 Å². The summed E-state index contributed by atoms with van der Waals surface area (Å²) in [5.74, 6) is 0.765. The van der Waals surface area contributed by atoms with Crippen molar-refractivity contribution in [2.24, 2.45) is 5.10 Å². The van der Waals surface area contributed by atoms with Gasteiger partial charge in [-0.3, -0.25) is 4.79 Å². The molecule has 0 fully saturated rings. The number of hydrazone groups is 1. The molecule has 0 aliphatic heterocycles. The van der Waals surface area contributed by atoms with Gasteiger partial charge in [-0.2, -0.15) is 5.10 Å². The normalized spacial score (nSPS) is 10.5. The van der Waals surface area contributed by atoms with Gasteiger partial charge in [-0.15, -0.1) is 0 Å². The molecule has 1 N–H and O–H groups in total. The minimum Gasteiger partial charge on any atom is -0.497 e. The Hall–Kier alpha value is -4.33. The summed E-state index contributed by atoms with van der Waals surface area (Å²) in [5, 5.41) is 3.99. The summed E-state index contributed by atoms with van der Waals surface area (Å²) in [6.07, 6.45) is 1.45. The average Bonchev–Trinajstić information content (AvgIpc) is 2.84. The first kappa shape index (κ1) is 23.3. The number of amides is 1. The van der Waals surface area contributed by atoms with Crippen LogP contribution in [-0.2, 0) is 0 Å². The molecule has 0 saturated carbocycles. The number of carbonyl (C=O) groups excluding carboxylic acids is 2. The maximum absolute atomic E-state index is 12.4. The van der Waals surface area contributed by atoms with Gasteiger partial charge in [0.2, 0.25) is 0 Å². The van der Waals surface area contributed by atoms with E-state index in [2.05, 4.69) is 10.5 Å². The highest BCUT2D eigenvalue weighted by atomic mass is 16.6. The lowest BCUT2D eigenvalue weighted by atomic mass is 10.1. The number of esters is 1. The maximum Gasteiger partial charge on any atom is 0.343 e. The second-order valence-electron chi connectivity index (χ2n) is 6.93. The number of ether oxygens (including phenoxy) is 4. The molecule has 0 bridgehead atoms. The minimum absolute atomic E-state index is 0.254. The third kappa shape index (κ3) is 5.88. The van der Waals surface area contributed by atoms with Crippen LogP contribution in [0.2, 0.25) is 0 Å². The lowest BCUT2D eigenvalue weighted by molar-refractivity contribution is 0.0729. The van der Waals surface area contributed by atoms with E-state index in [4.69, 9.17) is 18.9 Å². The number of hydrogen-bond acceptors (Lipinski definition) is 7. The van der Waals surface area contributed by atoms with Crippen molar-refractivity contribution in [1.29, 1.82) is 0 Å². The molecule has 170 valence electrons. The van der Waals surface area contributed by atoms with Crippen molar-refractivity contribution >= 4 is 18.1 Å². The molecule has 1 amide bonds. The highest BCUT2D eigenvalue weighted by molar-refractivity contribution is 5.97. The second-order valence-corrected chi connectivity index (χ2v) is 6.93. The van der Waals surface area contributed by atoms with Crippen LogP contribution in [0.5, 0.6) is 23.0 Å². The topological polar surface area (TPSA) is 95.5 Å². The number of aryl methyl sites for hydroxylation is 1. The molecule has 0 aromatic heterocycles. The van der Waals surface area contributed by atoms with Crippen LogP contribution in [0, 0.1) is 6.92 Å². The largest absolute Gasteiger partial charge is 0.497 e. The third-order valence-electron chi connectivity index (χ3n) is 4.70. The summed E-state index contributed by atoms with van der Waals surface area (Å²) < 4.78 is 21.1. The predicted octanol–water partition coefficient (Wildman–Crippen LogP) is 4.00. The van der Waals surface area contributed by atoms with E-state index in [0.717, 1.165) is 5.56 Å². The fraction of sp³-hybridized carbons (Fsp3) is 0.160. The van der Waals surface area contributed by atoms with E-state index in [1.165, 1.54) is 20.4 Å². The van der Waals surface area contributed by atoms with Gasteiger partial charge in [0.05, 0.1) is 38.7 Å². The van der Waals surface area contributed by atoms with Gasteiger partial charge in [0, 0.05) is 0 Å². The van der Waals surface area contributed by atoms with Crippen LogP contribution in [0.15, 0.2) is 65.8 Å². The zero-order valence-corrected chi connectivity index (χ0v) is 18.7. The Kier molecular flexibility index (Phi) is 7.64. The number of rotatable bonds is 8. The molecule has 0 spiro atoms. The molecule has 0 radical (unpaired) electrons. The van der Waals surface area contributed by atoms with Crippen LogP contribution in [0.3, 0.4) is 0 Å². The highest BCUT2D eigenvalue weighted by Crippen LogP contribution is 2.28. The van der Waals surface area contributed by atoms with E-state index in [-0.39, 0.29) is 5.75 Å². The molecule has 0 aliphatic carbocycles. The van der Waals surface area contributed by atoms with Gasteiger partial charge in [-0.25, -0.2) is 10.2 Å². The van der Waals surface area contributed by atoms with Gasteiger partial charge < -0.3 is 18.9 Å². The van der Waals surface area contributed by atoms with Crippen molar-refractivity contribution in [2.45, 2.75) is 6.92 Å². The van der Waals surface area contributed by atoms with Crippen molar-refractivity contribution < 1.29 is 28.5 Å². The summed E-state index contributed by atoms with van der Waals surface area (Å²) in [6, 6.07) is 16.7. The van der Waals surface area contributed by atoms with Crippen molar-refractivity contribution in [3.05, 3.63) is 82.9 Å².